The van der Waals surface area contributed by atoms with Gasteiger partial charge in [0.15, 0.2) is 5.69 Å². The molecule has 0 aliphatic heterocycles. The smallest absolute Gasteiger partial charge is 0.273 e. The van der Waals surface area contributed by atoms with E-state index in [1.54, 1.807) is 17.1 Å². The van der Waals surface area contributed by atoms with Gasteiger partial charge in [-0.3, -0.25) is 9.78 Å². The summed E-state index contributed by atoms with van der Waals surface area (Å²) in [5.74, 6) is 0.176. The van der Waals surface area contributed by atoms with Crippen molar-refractivity contribution in [1.29, 1.82) is 0 Å². The zero-order chi connectivity index (χ0) is 16.9. The third-order valence-corrected chi connectivity index (χ3v) is 3.55. The van der Waals surface area contributed by atoms with Crippen molar-refractivity contribution in [1.82, 2.24) is 25.3 Å². The number of hydrogen-bond donors (Lipinski definition) is 2. The number of amides is 1. The normalized spacial score (nSPS) is 13.8. The van der Waals surface area contributed by atoms with E-state index in [0.29, 0.717) is 19.0 Å². The number of carbonyl (C=O) groups is 1. The van der Waals surface area contributed by atoms with Gasteiger partial charge in [-0.05, 0) is 31.4 Å². The van der Waals surface area contributed by atoms with Gasteiger partial charge in [-0.25, -0.2) is 4.68 Å². The van der Waals surface area contributed by atoms with Crippen LogP contribution in [0, 0.1) is 5.92 Å². The van der Waals surface area contributed by atoms with Crippen LogP contribution in [0.2, 0.25) is 0 Å². The molecule has 0 bridgehead atoms. The van der Waals surface area contributed by atoms with Gasteiger partial charge in [-0.2, -0.15) is 0 Å². The molecule has 0 fully saturated rings. The lowest BCUT2D eigenvalue weighted by atomic mass is 9.90. The van der Waals surface area contributed by atoms with Crippen LogP contribution in [0.3, 0.4) is 0 Å². The third kappa shape index (κ3) is 4.85. The quantitative estimate of drug-likeness (QED) is 0.800. The van der Waals surface area contributed by atoms with Gasteiger partial charge in [-0.1, -0.05) is 25.1 Å². The number of pyridine rings is 1. The predicted octanol–water partition coefficient (Wildman–Crippen LogP) is 1.21. The topological polar surface area (TPSA) is 98.7 Å². The highest BCUT2D eigenvalue weighted by atomic mass is 16.2. The average Bonchev–Trinajstić information content (AvgIpc) is 2.96. The minimum Gasteiger partial charge on any atom is -0.344 e. The van der Waals surface area contributed by atoms with Gasteiger partial charge in [0.05, 0.1) is 24.0 Å². The van der Waals surface area contributed by atoms with Crippen LogP contribution < -0.4 is 11.1 Å². The van der Waals surface area contributed by atoms with Crippen LogP contribution in [0.5, 0.6) is 0 Å². The molecule has 0 radical (unpaired) electrons. The molecule has 7 nitrogen and oxygen atoms in total. The summed E-state index contributed by atoms with van der Waals surface area (Å²) in [7, 11) is 0. The molecule has 0 saturated carbocycles. The molecule has 1 unspecified atom stereocenters. The van der Waals surface area contributed by atoms with E-state index < -0.39 is 5.54 Å². The Labute approximate surface area is 136 Å². The van der Waals surface area contributed by atoms with E-state index in [1.165, 1.54) is 0 Å². The van der Waals surface area contributed by atoms with Crippen molar-refractivity contribution in [2.75, 3.05) is 6.54 Å². The van der Waals surface area contributed by atoms with Crippen LogP contribution in [0.4, 0.5) is 0 Å². The minimum absolute atomic E-state index is 0.258. The second-order valence-electron chi connectivity index (χ2n) is 6.44. The molecule has 0 saturated heterocycles. The van der Waals surface area contributed by atoms with Crippen molar-refractivity contribution < 1.29 is 4.79 Å². The summed E-state index contributed by atoms with van der Waals surface area (Å²) in [4.78, 5) is 16.6. The van der Waals surface area contributed by atoms with Gasteiger partial charge >= 0.3 is 0 Å². The van der Waals surface area contributed by atoms with Crippen molar-refractivity contribution >= 4 is 5.91 Å². The molecular weight excluding hydrogens is 292 g/mol. The Kier molecular flexibility index (Phi) is 5.44. The molecule has 1 atom stereocenters. The molecule has 2 heterocycles. The fourth-order valence-electron chi connectivity index (χ4n) is 2.56. The van der Waals surface area contributed by atoms with E-state index in [9.17, 15) is 4.79 Å². The Morgan fingerprint density at radius 2 is 2.22 bits per heavy atom. The Morgan fingerprint density at radius 3 is 2.83 bits per heavy atom. The highest BCUT2D eigenvalue weighted by Gasteiger charge is 2.27. The summed E-state index contributed by atoms with van der Waals surface area (Å²) in [5.41, 5.74) is 6.52. The predicted molar refractivity (Wildman–Crippen MR) is 87.7 cm³/mol. The number of nitrogens with two attached hydrogens (primary N) is 1. The number of rotatable bonds is 7. The minimum atomic E-state index is -0.448. The van der Waals surface area contributed by atoms with E-state index in [1.807, 2.05) is 25.1 Å². The molecule has 1 amide bonds. The van der Waals surface area contributed by atoms with E-state index in [2.05, 4.69) is 34.5 Å². The van der Waals surface area contributed by atoms with Crippen molar-refractivity contribution in [3.8, 4) is 0 Å². The monoisotopic (exact) mass is 316 g/mol. The molecule has 2 rings (SSSR count). The lowest BCUT2D eigenvalue weighted by Gasteiger charge is -2.30. The fourth-order valence-corrected chi connectivity index (χ4v) is 2.56. The highest BCUT2D eigenvalue weighted by molar-refractivity contribution is 5.92. The van der Waals surface area contributed by atoms with Crippen LogP contribution in [-0.4, -0.2) is 38.0 Å². The van der Waals surface area contributed by atoms with Crippen LogP contribution >= 0.6 is 0 Å². The molecule has 0 aliphatic rings. The number of nitrogens with one attached hydrogen (secondary N) is 1. The average molecular weight is 316 g/mol. The molecule has 0 spiro atoms. The van der Waals surface area contributed by atoms with Gasteiger partial charge < -0.3 is 11.1 Å². The van der Waals surface area contributed by atoms with Crippen LogP contribution in [0.1, 0.15) is 43.4 Å². The van der Waals surface area contributed by atoms with Crippen molar-refractivity contribution in [3.63, 3.8) is 0 Å². The van der Waals surface area contributed by atoms with Crippen molar-refractivity contribution in [3.05, 3.63) is 42.0 Å². The van der Waals surface area contributed by atoms with Crippen molar-refractivity contribution in [2.24, 2.45) is 11.7 Å². The number of carbonyl (C=O) groups excluding carboxylic acids is 1. The maximum atomic E-state index is 12.4. The molecular formula is C16H24N6O. The van der Waals surface area contributed by atoms with E-state index in [4.69, 9.17) is 5.73 Å². The largest absolute Gasteiger partial charge is 0.344 e. The summed E-state index contributed by atoms with van der Waals surface area (Å²) >= 11 is 0. The highest BCUT2D eigenvalue weighted by Crippen LogP contribution is 2.15. The first-order chi connectivity index (χ1) is 10.9. The molecule has 0 aromatic carbocycles. The Bertz CT molecular complexity index is 639. The van der Waals surface area contributed by atoms with Crippen LogP contribution in [-0.2, 0) is 6.54 Å². The van der Waals surface area contributed by atoms with E-state index in [0.717, 1.165) is 12.1 Å². The third-order valence-electron chi connectivity index (χ3n) is 3.55. The van der Waals surface area contributed by atoms with Gasteiger partial charge in [0, 0.05) is 12.7 Å². The first kappa shape index (κ1) is 17.1. The van der Waals surface area contributed by atoms with Crippen LogP contribution in [0.25, 0.3) is 0 Å². The summed E-state index contributed by atoms with van der Waals surface area (Å²) in [6.45, 7) is 7.00. The number of hydrogen-bond acceptors (Lipinski definition) is 5. The number of nitrogens with zero attached hydrogens (tertiary/aromatic N) is 4. The lowest BCUT2D eigenvalue weighted by molar-refractivity contribution is 0.0893. The SMILES string of the molecule is CC(C)CC(C)(CN)NC(=O)c1cn(Cc2ccccn2)nn1. The molecule has 3 N–H and O–H groups in total. The zero-order valence-corrected chi connectivity index (χ0v) is 13.9. The van der Waals surface area contributed by atoms with Crippen molar-refractivity contribution in [2.45, 2.75) is 39.3 Å². The standard InChI is InChI=1S/C16H24N6O/c1-12(2)8-16(3,11-17)19-15(23)14-10-22(21-20-14)9-13-6-4-5-7-18-13/h4-7,10,12H,8-9,11,17H2,1-3H3,(H,19,23). The second-order valence-corrected chi connectivity index (χ2v) is 6.44. The molecule has 124 valence electrons. The maximum Gasteiger partial charge on any atom is 0.273 e. The molecule has 2 aromatic heterocycles. The van der Waals surface area contributed by atoms with Gasteiger partial charge in [0.2, 0.25) is 0 Å². The molecule has 7 heteroatoms. The van der Waals surface area contributed by atoms with Gasteiger partial charge in [0.25, 0.3) is 5.91 Å². The first-order valence-corrected chi connectivity index (χ1v) is 7.74. The van der Waals surface area contributed by atoms with E-state index in [-0.39, 0.29) is 11.6 Å². The maximum absolute atomic E-state index is 12.4. The van der Waals surface area contributed by atoms with E-state index >= 15 is 0 Å². The summed E-state index contributed by atoms with van der Waals surface area (Å²) in [5, 5.41) is 10.9. The van der Waals surface area contributed by atoms with Crippen LogP contribution in [0.15, 0.2) is 30.6 Å². The summed E-state index contributed by atoms with van der Waals surface area (Å²) in [6, 6.07) is 5.66. The summed E-state index contributed by atoms with van der Waals surface area (Å²) in [6.07, 6.45) is 4.14. The first-order valence-electron chi connectivity index (χ1n) is 7.74. The summed E-state index contributed by atoms with van der Waals surface area (Å²) < 4.78 is 1.60. The number of aromatic nitrogens is 4. The molecule has 0 aliphatic carbocycles. The Balaban J connectivity index is 2.03. The second kappa shape index (κ2) is 7.32. The fraction of sp³-hybridized carbons (Fsp3) is 0.500. The lowest BCUT2D eigenvalue weighted by Crippen LogP contribution is -2.52. The van der Waals surface area contributed by atoms with Gasteiger partial charge in [-0.15, -0.1) is 5.10 Å². The Hall–Kier alpha value is -2.28. The van der Waals surface area contributed by atoms with Gasteiger partial charge in [0.1, 0.15) is 0 Å². The zero-order valence-electron chi connectivity index (χ0n) is 13.9. The molecule has 23 heavy (non-hydrogen) atoms. The Morgan fingerprint density at radius 1 is 1.43 bits per heavy atom. The molecule has 2 aromatic rings.